The Bertz CT molecular complexity index is 633. The van der Waals surface area contributed by atoms with Gasteiger partial charge in [0.05, 0.1) is 11.4 Å². The molecule has 1 aromatic carbocycles. The normalized spacial score (nSPS) is 18.5. The molecule has 0 spiro atoms. The fourth-order valence-electron chi connectivity index (χ4n) is 1.83. The van der Waals surface area contributed by atoms with E-state index in [2.05, 4.69) is 15.0 Å². The van der Waals surface area contributed by atoms with Crippen molar-refractivity contribution in [3.8, 4) is 0 Å². The van der Waals surface area contributed by atoms with Crippen LogP contribution >= 0.6 is 0 Å². The average molecular weight is 253 g/mol. The molecule has 1 unspecified atom stereocenters. The lowest BCUT2D eigenvalue weighted by Crippen LogP contribution is -2.13. The molecule has 0 aliphatic heterocycles. The molecule has 0 radical (unpaired) electrons. The Labute approximate surface area is 111 Å². The Morgan fingerprint density at radius 2 is 2.11 bits per heavy atom. The van der Waals surface area contributed by atoms with E-state index in [-0.39, 0.29) is 5.92 Å². The van der Waals surface area contributed by atoms with Gasteiger partial charge >= 0.3 is 5.71 Å². The third-order valence-corrected chi connectivity index (χ3v) is 3.03. The van der Waals surface area contributed by atoms with Gasteiger partial charge in [0.2, 0.25) is 0 Å². The van der Waals surface area contributed by atoms with Crippen LogP contribution in [-0.2, 0) is 0 Å². The molecule has 0 amide bonds. The molecule has 1 aromatic rings. The number of azo groups is 1. The highest BCUT2D eigenvalue weighted by molar-refractivity contribution is 5.95. The van der Waals surface area contributed by atoms with Crippen molar-refractivity contribution in [2.45, 2.75) is 13.8 Å². The molecule has 0 saturated heterocycles. The highest BCUT2D eigenvalue weighted by Crippen LogP contribution is 2.24. The number of nitrogens with zero attached hydrogens (tertiary/aromatic N) is 4. The minimum atomic E-state index is -0.0761. The maximum Gasteiger partial charge on any atom is 0.300 e. The Morgan fingerprint density at radius 3 is 2.79 bits per heavy atom. The monoisotopic (exact) mass is 253 g/mol. The van der Waals surface area contributed by atoms with Crippen LogP contribution in [0.15, 0.2) is 52.4 Å². The summed E-state index contributed by atoms with van der Waals surface area (Å²) in [6, 6.07) is 5.48. The van der Waals surface area contributed by atoms with Gasteiger partial charge in [0.25, 0.3) is 0 Å². The topological polar surface area (TPSA) is 87.1 Å². The van der Waals surface area contributed by atoms with E-state index in [0.29, 0.717) is 11.4 Å². The minimum Gasteiger partial charge on any atom is -0.399 e. The molecule has 19 heavy (non-hydrogen) atoms. The first-order chi connectivity index (χ1) is 9.11. The molecule has 2 rings (SSSR count). The number of rotatable bonds is 2. The number of allylic oxidation sites excluding steroid dienone is 4. The standard InChI is InChI=1S/C14H15N5/c1-9-8-11(15)6-7-12(9)18-19-14-5-3-4-13(17-16)10(14)2/h3-8,10H,15H2,1-2H3. The van der Waals surface area contributed by atoms with Crippen LogP contribution in [0.25, 0.3) is 5.53 Å². The summed E-state index contributed by atoms with van der Waals surface area (Å²) in [6.07, 6.45) is 5.40. The highest BCUT2D eigenvalue weighted by Gasteiger charge is 2.22. The second-order valence-corrected chi connectivity index (χ2v) is 4.44. The first-order valence-corrected chi connectivity index (χ1v) is 6.00. The molecule has 0 bridgehead atoms. The van der Waals surface area contributed by atoms with Gasteiger partial charge in [0.1, 0.15) is 5.92 Å². The average Bonchev–Trinajstić information content (AvgIpc) is 2.39. The van der Waals surface area contributed by atoms with Crippen molar-refractivity contribution < 1.29 is 4.79 Å². The quantitative estimate of drug-likeness (QED) is 0.488. The Hall–Kier alpha value is -2.52. The first kappa shape index (κ1) is 12.9. The zero-order valence-corrected chi connectivity index (χ0v) is 10.9. The number of aryl methyl sites for hydroxylation is 1. The zero-order chi connectivity index (χ0) is 13.8. The van der Waals surface area contributed by atoms with Gasteiger partial charge in [-0.3, -0.25) is 0 Å². The molecule has 2 N–H and O–H groups in total. The molecule has 5 heteroatoms. The van der Waals surface area contributed by atoms with E-state index in [1.807, 2.05) is 32.1 Å². The van der Waals surface area contributed by atoms with Gasteiger partial charge < -0.3 is 11.3 Å². The van der Waals surface area contributed by atoms with E-state index in [4.69, 9.17) is 11.3 Å². The van der Waals surface area contributed by atoms with Crippen LogP contribution in [0.5, 0.6) is 0 Å². The van der Waals surface area contributed by atoms with Gasteiger partial charge in [0.15, 0.2) is 0 Å². The minimum absolute atomic E-state index is 0.0761. The van der Waals surface area contributed by atoms with Gasteiger partial charge in [-0.15, -0.1) is 0 Å². The lowest BCUT2D eigenvalue weighted by molar-refractivity contribution is -0.00901. The molecule has 1 atom stereocenters. The number of nitrogen functional groups attached to an aromatic ring is 1. The third kappa shape index (κ3) is 2.84. The number of anilines is 1. The largest absolute Gasteiger partial charge is 0.399 e. The van der Waals surface area contributed by atoms with Crippen molar-refractivity contribution in [3.05, 3.63) is 53.2 Å². The predicted molar refractivity (Wildman–Crippen MR) is 75.1 cm³/mol. The summed E-state index contributed by atoms with van der Waals surface area (Å²) in [5.41, 5.74) is 18.3. The molecule has 1 aliphatic carbocycles. The highest BCUT2D eigenvalue weighted by atomic mass is 15.1. The van der Waals surface area contributed by atoms with E-state index in [1.165, 1.54) is 0 Å². The van der Waals surface area contributed by atoms with Crippen molar-refractivity contribution in [1.82, 2.24) is 0 Å². The second-order valence-electron chi connectivity index (χ2n) is 4.44. The van der Waals surface area contributed by atoms with Crippen LogP contribution in [-0.4, -0.2) is 10.5 Å². The smallest absolute Gasteiger partial charge is 0.300 e. The summed E-state index contributed by atoms with van der Waals surface area (Å²) in [5.74, 6) is -0.0761. The number of nitrogens with two attached hydrogens (primary N) is 1. The fraction of sp³-hybridized carbons (Fsp3) is 0.214. The summed E-state index contributed by atoms with van der Waals surface area (Å²) in [4.78, 5) is 3.23. The van der Waals surface area contributed by atoms with Crippen LogP contribution in [0.1, 0.15) is 12.5 Å². The Kier molecular flexibility index (Phi) is 3.68. The maximum absolute atomic E-state index is 8.86. The van der Waals surface area contributed by atoms with Crippen molar-refractivity contribution in [2.75, 3.05) is 5.73 Å². The lowest BCUT2D eigenvalue weighted by atomic mass is 9.97. The van der Waals surface area contributed by atoms with Gasteiger partial charge in [-0.2, -0.15) is 15.0 Å². The summed E-state index contributed by atoms with van der Waals surface area (Å²) in [6.45, 7) is 3.85. The lowest BCUT2D eigenvalue weighted by Gasteiger charge is -2.08. The Morgan fingerprint density at radius 1 is 1.32 bits per heavy atom. The zero-order valence-electron chi connectivity index (χ0n) is 10.9. The van der Waals surface area contributed by atoms with Crippen LogP contribution < -0.4 is 5.73 Å². The van der Waals surface area contributed by atoms with Crippen LogP contribution in [0.2, 0.25) is 0 Å². The Balaban J connectivity index is 2.26. The SMILES string of the molecule is Cc1cc(N)ccc1N=NC1=CC=CC(=[N+]=[N-])C1C. The molecule has 96 valence electrons. The summed E-state index contributed by atoms with van der Waals surface area (Å²) in [5, 5.41) is 8.45. The van der Waals surface area contributed by atoms with Gasteiger partial charge in [-0.05, 0) is 43.7 Å². The van der Waals surface area contributed by atoms with E-state index >= 15 is 0 Å². The van der Waals surface area contributed by atoms with Crippen LogP contribution in [0, 0.1) is 12.8 Å². The third-order valence-electron chi connectivity index (χ3n) is 3.03. The van der Waals surface area contributed by atoms with Gasteiger partial charge in [0, 0.05) is 11.8 Å². The maximum atomic E-state index is 8.86. The molecule has 0 heterocycles. The molecular weight excluding hydrogens is 238 g/mol. The van der Waals surface area contributed by atoms with Crippen molar-refractivity contribution in [2.24, 2.45) is 16.1 Å². The van der Waals surface area contributed by atoms with Crippen molar-refractivity contribution in [3.63, 3.8) is 0 Å². The first-order valence-electron chi connectivity index (χ1n) is 6.00. The van der Waals surface area contributed by atoms with Gasteiger partial charge in [-0.25, -0.2) is 0 Å². The molecule has 0 aromatic heterocycles. The van der Waals surface area contributed by atoms with Crippen LogP contribution in [0.3, 0.4) is 0 Å². The summed E-state index contributed by atoms with van der Waals surface area (Å²) in [7, 11) is 0. The second kappa shape index (κ2) is 5.42. The van der Waals surface area contributed by atoms with Crippen LogP contribution in [0.4, 0.5) is 11.4 Å². The van der Waals surface area contributed by atoms with E-state index in [9.17, 15) is 0 Å². The summed E-state index contributed by atoms with van der Waals surface area (Å²) >= 11 is 0. The van der Waals surface area contributed by atoms with Gasteiger partial charge in [-0.1, -0.05) is 6.08 Å². The number of hydrogen-bond donors (Lipinski definition) is 1. The predicted octanol–water partition coefficient (Wildman–Crippen LogP) is 3.42. The molecule has 5 nitrogen and oxygen atoms in total. The van der Waals surface area contributed by atoms with Crippen molar-refractivity contribution in [1.29, 1.82) is 0 Å². The summed E-state index contributed by atoms with van der Waals surface area (Å²) < 4.78 is 0. The van der Waals surface area contributed by atoms with Crippen molar-refractivity contribution >= 4 is 17.1 Å². The molecular formula is C14H15N5. The van der Waals surface area contributed by atoms with E-state index < -0.39 is 0 Å². The van der Waals surface area contributed by atoms with E-state index in [1.54, 1.807) is 18.2 Å². The number of benzene rings is 1. The number of hydrogen-bond acceptors (Lipinski definition) is 3. The molecule has 1 aliphatic rings. The fourth-order valence-corrected chi connectivity index (χ4v) is 1.83. The molecule has 0 saturated carbocycles. The molecule has 0 fully saturated rings. The van der Waals surface area contributed by atoms with E-state index in [0.717, 1.165) is 16.9 Å².